The number of anilines is 3. The largest absolute Gasteiger partial charge is 0.273 e. The molecule has 0 fully saturated rings. The van der Waals surface area contributed by atoms with Gasteiger partial charge in [-0.05, 0) is 29.8 Å². The SMILES string of the molecule is CSc1ncc2c(n1)N(c1ccsc1)N(c1ccccc1Cl)C2. The molecule has 4 rings (SSSR count). The standard InChI is InChI=1S/C16H13ClN4S2/c1-22-16-18-8-11-9-20(14-5-3-2-4-13(14)17)21(15(11)19-16)12-6-7-23-10-12/h2-8,10H,9H2,1H3. The van der Waals surface area contributed by atoms with E-state index in [4.69, 9.17) is 16.6 Å². The minimum atomic E-state index is 0.698. The summed E-state index contributed by atoms with van der Waals surface area (Å²) in [5, 5.41) is 9.93. The zero-order chi connectivity index (χ0) is 15.8. The number of para-hydroxylation sites is 1. The lowest BCUT2D eigenvalue weighted by Crippen LogP contribution is -2.34. The third-order valence-electron chi connectivity index (χ3n) is 3.65. The first-order chi connectivity index (χ1) is 11.3. The van der Waals surface area contributed by atoms with Gasteiger partial charge in [-0.2, -0.15) is 11.3 Å². The third kappa shape index (κ3) is 2.56. The van der Waals surface area contributed by atoms with E-state index in [1.54, 1.807) is 23.1 Å². The van der Waals surface area contributed by atoms with E-state index in [0.29, 0.717) is 6.54 Å². The van der Waals surface area contributed by atoms with Crippen molar-refractivity contribution in [2.75, 3.05) is 16.3 Å². The Hall–Kier alpha value is -1.76. The zero-order valence-corrected chi connectivity index (χ0v) is 14.7. The molecule has 1 aromatic carbocycles. The molecule has 4 nitrogen and oxygen atoms in total. The molecule has 0 bridgehead atoms. The van der Waals surface area contributed by atoms with Crippen LogP contribution in [0.4, 0.5) is 17.2 Å². The van der Waals surface area contributed by atoms with E-state index in [1.165, 1.54) is 0 Å². The monoisotopic (exact) mass is 360 g/mol. The average molecular weight is 361 g/mol. The molecule has 1 aliphatic heterocycles. The Morgan fingerprint density at radius 3 is 2.87 bits per heavy atom. The van der Waals surface area contributed by atoms with Crippen LogP contribution in [0.3, 0.4) is 0 Å². The van der Waals surface area contributed by atoms with Crippen LogP contribution >= 0.6 is 34.7 Å². The van der Waals surface area contributed by atoms with Crippen LogP contribution < -0.4 is 10.0 Å². The van der Waals surface area contributed by atoms with Crippen molar-refractivity contribution in [1.82, 2.24) is 9.97 Å². The number of thiophene rings is 1. The smallest absolute Gasteiger partial charge is 0.189 e. The fraction of sp³-hybridized carbons (Fsp3) is 0.125. The van der Waals surface area contributed by atoms with Crippen molar-refractivity contribution in [2.45, 2.75) is 11.7 Å². The molecule has 3 aromatic rings. The second-order valence-corrected chi connectivity index (χ2v) is 6.97. The third-order valence-corrected chi connectivity index (χ3v) is 5.20. The molecular weight excluding hydrogens is 348 g/mol. The fourth-order valence-corrected chi connectivity index (χ4v) is 3.80. The summed E-state index contributed by atoms with van der Waals surface area (Å²) in [4.78, 5) is 9.12. The van der Waals surface area contributed by atoms with Crippen LogP contribution in [-0.2, 0) is 6.54 Å². The second-order valence-electron chi connectivity index (χ2n) is 5.01. The lowest BCUT2D eigenvalue weighted by Gasteiger charge is -2.31. The van der Waals surface area contributed by atoms with Crippen molar-refractivity contribution in [3.05, 3.63) is 57.9 Å². The van der Waals surface area contributed by atoms with Gasteiger partial charge in [0.15, 0.2) is 11.0 Å². The molecule has 3 heterocycles. The highest BCUT2D eigenvalue weighted by atomic mass is 35.5. The fourth-order valence-electron chi connectivity index (χ4n) is 2.62. The predicted molar refractivity (Wildman–Crippen MR) is 97.9 cm³/mol. The van der Waals surface area contributed by atoms with Gasteiger partial charge in [0.05, 0.1) is 22.9 Å². The van der Waals surface area contributed by atoms with Crippen molar-refractivity contribution in [2.24, 2.45) is 0 Å². The van der Waals surface area contributed by atoms with Gasteiger partial charge in [0, 0.05) is 17.1 Å². The van der Waals surface area contributed by atoms with Crippen LogP contribution in [0.25, 0.3) is 0 Å². The summed E-state index contributed by atoms with van der Waals surface area (Å²) >= 11 is 9.63. The number of benzene rings is 1. The summed E-state index contributed by atoms with van der Waals surface area (Å²) in [6.45, 7) is 0.698. The topological polar surface area (TPSA) is 32.3 Å². The minimum Gasteiger partial charge on any atom is -0.273 e. The molecular formula is C16H13ClN4S2. The predicted octanol–water partition coefficient (Wildman–Crippen LogP) is 4.99. The summed E-state index contributed by atoms with van der Waals surface area (Å²) < 4.78 is 0. The minimum absolute atomic E-state index is 0.698. The maximum atomic E-state index is 6.43. The number of hydrogen-bond acceptors (Lipinski definition) is 6. The first-order valence-electron chi connectivity index (χ1n) is 7.02. The van der Waals surface area contributed by atoms with Gasteiger partial charge in [0.25, 0.3) is 0 Å². The van der Waals surface area contributed by atoms with E-state index in [-0.39, 0.29) is 0 Å². The Bertz CT molecular complexity index is 838. The molecule has 0 atom stereocenters. The van der Waals surface area contributed by atoms with Gasteiger partial charge in [-0.15, -0.1) is 0 Å². The zero-order valence-electron chi connectivity index (χ0n) is 12.3. The average Bonchev–Trinajstić information content (AvgIpc) is 3.21. The van der Waals surface area contributed by atoms with E-state index in [1.807, 2.05) is 36.7 Å². The normalized spacial score (nSPS) is 13.5. The van der Waals surface area contributed by atoms with Crippen molar-refractivity contribution in [1.29, 1.82) is 0 Å². The number of hydrogen-bond donors (Lipinski definition) is 0. The molecule has 2 aromatic heterocycles. The number of fused-ring (bicyclic) bond motifs is 1. The number of rotatable bonds is 3. The maximum absolute atomic E-state index is 6.43. The van der Waals surface area contributed by atoms with Crippen molar-refractivity contribution in [3.8, 4) is 0 Å². The molecule has 116 valence electrons. The molecule has 0 unspecified atom stereocenters. The van der Waals surface area contributed by atoms with Gasteiger partial charge < -0.3 is 0 Å². The molecule has 0 aliphatic carbocycles. The van der Waals surface area contributed by atoms with Crippen LogP contribution in [0.1, 0.15) is 5.56 Å². The van der Waals surface area contributed by atoms with Gasteiger partial charge in [-0.25, -0.2) is 15.0 Å². The van der Waals surface area contributed by atoms with Gasteiger partial charge in [-0.3, -0.25) is 5.01 Å². The Morgan fingerprint density at radius 1 is 1.26 bits per heavy atom. The second kappa shape index (κ2) is 6.03. The maximum Gasteiger partial charge on any atom is 0.189 e. The molecule has 23 heavy (non-hydrogen) atoms. The van der Waals surface area contributed by atoms with E-state index < -0.39 is 0 Å². The molecule has 0 radical (unpaired) electrons. The Balaban J connectivity index is 1.86. The van der Waals surface area contributed by atoms with Crippen LogP contribution in [0.5, 0.6) is 0 Å². The number of thioether (sulfide) groups is 1. The highest BCUT2D eigenvalue weighted by Crippen LogP contribution is 2.41. The van der Waals surface area contributed by atoms with Crippen LogP contribution in [0, 0.1) is 0 Å². The first-order valence-corrected chi connectivity index (χ1v) is 9.56. The summed E-state index contributed by atoms with van der Waals surface area (Å²) in [6, 6.07) is 9.95. The summed E-state index contributed by atoms with van der Waals surface area (Å²) in [5.41, 5.74) is 3.14. The lowest BCUT2D eigenvalue weighted by molar-refractivity contribution is 0.872. The first kappa shape index (κ1) is 14.8. The molecule has 0 amide bonds. The summed E-state index contributed by atoms with van der Waals surface area (Å²) in [7, 11) is 0. The van der Waals surface area contributed by atoms with Gasteiger partial charge in [-0.1, -0.05) is 35.5 Å². The Morgan fingerprint density at radius 2 is 2.13 bits per heavy atom. The van der Waals surface area contributed by atoms with E-state index in [0.717, 1.165) is 32.9 Å². The van der Waals surface area contributed by atoms with Crippen molar-refractivity contribution in [3.63, 3.8) is 0 Å². The highest BCUT2D eigenvalue weighted by Gasteiger charge is 2.32. The number of nitrogens with zero attached hydrogens (tertiary/aromatic N) is 4. The van der Waals surface area contributed by atoms with E-state index in [2.05, 4.69) is 31.8 Å². The van der Waals surface area contributed by atoms with Crippen LogP contribution in [0.2, 0.25) is 5.02 Å². The van der Waals surface area contributed by atoms with Crippen LogP contribution in [-0.4, -0.2) is 16.2 Å². The highest BCUT2D eigenvalue weighted by molar-refractivity contribution is 7.98. The van der Waals surface area contributed by atoms with E-state index >= 15 is 0 Å². The van der Waals surface area contributed by atoms with Gasteiger partial charge >= 0.3 is 0 Å². The molecule has 0 saturated heterocycles. The quantitative estimate of drug-likeness (QED) is 0.485. The summed E-state index contributed by atoms with van der Waals surface area (Å²) in [5.74, 6) is 0.919. The Labute approximate surface area is 147 Å². The molecule has 1 aliphatic rings. The van der Waals surface area contributed by atoms with Gasteiger partial charge in [0.2, 0.25) is 0 Å². The lowest BCUT2D eigenvalue weighted by atomic mass is 10.3. The van der Waals surface area contributed by atoms with Crippen molar-refractivity contribution < 1.29 is 0 Å². The van der Waals surface area contributed by atoms with E-state index in [9.17, 15) is 0 Å². The van der Waals surface area contributed by atoms with Gasteiger partial charge in [0.1, 0.15) is 0 Å². The summed E-state index contributed by atoms with van der Waals surface area (Å²) in [6.07, 6.45) is 3.89. The number of aromatic nitrogens is 2. The molecule has 7 heteroatoms. The van der Waals surface area contributed by atoms with Crippen LogP contribution in [0.15, 0.2) is 52.4 Å². The number of halogens is 1. The molecule has 0 spiro atoms. The van der Waals surface area contributed by atoms with Crippen molar-refractivity contribution >= 4 is 51.9 Å². The number of hydrazine groups is 1. The Kier molecular flexibility index (Phi) is 3.88. The molecule has 0 saturated carbocycles. The molecule has 0 N–H and O–H groups in total.